The summed E-state index contributed by atoms with van der Waals surface area (Å²) in [5.41, 5.74) is 1.58. The molecule has 10 nitrogen and oxygen atoms in total. The molecule has 5 rings (SSSR count). The summed E-state index contributed by atoms with van der Waals surface area (Å²) < 4.78 is 1.72. The highest BCUT2D eigenvalue weighted by Gasteiger charge is 2.36. The van der Waals surface area contributed by atoms with Crippen LogP contribution in [0.2, 0.25) is 10.0 Å². The lowest BCUT2D eigenvalue weighted by Gasteiger charge is -2.20. The van der Waals surface area contributed by atoms with E-state index in [2.05, 4.69) is 20.4 Å². The molecule has 0 aliphatic carbocycles. The third kappa shape index (κ3) is 6.08. The Hall–Kier alpha value is -4.38. The summed E-state index contributed by atoms with van der Waals surface area (Å²) in [6.45, 7) is 5.44. The number of halogens is 2. The average molecular weight is 620 g/mol. The molecule has 1 aliphatic heterocycles. The largest absolute Gasteiger partial charge is 0.347 e. The molecule has 220 valence electrons. The lowest BCUT2D eigenvalue weighted by atomic mass is 10.0. The Morgan fingerprint density at radius 2 is 1.47 bits per heavy atom. The SMILES string of the molecule is CCN(CC)Cc1nnc(CNC(=O)CN2C(=O)c3ccccc3C2=O)n1-c1ccc(Cl)cc1C(=O)c1ccccc1Cl. The molecule has 4 aromatic rings. The molecule has 3 amide bonds. The fourth-order valence-corrected chi connectivity index (χ4v) is 5.32. The number of nitrogens with zero attached hydrogens (tertiary/aromatic N) is 5. The zero-order valence-electron chi connectivity index (χ0n) is 23.5. The first-order chi connectivity index (χ1) is 20.7. The van der Waals surface area contributed by atoms with E-state index in [1.807, 2.05) is 13.8 Å². The van der Waals surface area contributed by atoms with Gasteiger partial charge in [-0.25, -0.2) is 0 Å². The first-order valence-corrected chi connectivity index (χ1v) is 14.5. The number of aromatic nitrogens is 3. The van der Waals surface area contributed by atoms with E-state index in [-0.39, 0.29) is 29.0 Å². The van der Waals surface area contributed by atoms with E-state index in [9.17, 15) is 19.2 Å². The maximum absolute atomic E-state index is 13.8. The van der Waals surface area contributed by atoms with Gasteiger partial charge in [0.2, 0.25) is 5.91 Å². The second kappa shape index (κ2) is 12.9. The molecule has 0 radical (unpaired) electrons. The normalized spacial score (nSPS) is 12.6. The molecule has 1 aromatic heterocycles. The summed E-state index contributed by atoms with van der Waals surface area (Å²) in [5.74, 6) is -1.06. The zero-order valence-corrected chi connectivity index (χ0v) is 25.0. The van der Waals surface area contributed by atoms with E-state index in [4.69, 9.17) is 23.2 Å². The third-order valence-electron chi connectivity index (χ3n) is 7.24. The van der Waals surface area contributed by atoms with E-state index in [0.717, 1.165) is 18.0 Å². The number of fused-ring (bicyclic) bond motifs is 1. The first kappa shape index (κ1) is 30.1. The molecule has 43 heavy (non-hydrogen) atoms. The second-order valence-corrected chi connectivity index (χ2v) is 10.7. The molecule has 0 unspecified atom stereocenters. The minimum Gasteiger partial charge on any atom is -0.347 e. The van der Waals surface area contributed by atoms with Crippen molar-refractivity contribution < 1.29 is 19.2 Å². The van der Waals surface area contributed by atoms with Crippen molar-refractivity contribution >= 4 is 46.7 Å². The summed E-state index contributed by atoms with van der Waals surface area (Å²) in [5, 5.41) is 12.1. The summed E-state index contributed by atoms with van der Waals surface area (Å²) in [7, 11) is 0. The fraction of sp³-hybridized carbons (Fsp3) is 0.226. The van der Waals surface area contributed by atoms with Gasteiger partial charge in [-0.05, 0) is 55.6 Å². The predicted molar refractivity (Wildman–Crippen MR) is 162 cm³/mol. The molecule has 0 fully saturated rings. The van der Waals surface area contributed by atoms with E-state index >= 15 is 0 Å². The lowest BCUT2D eigenvalue weighted by molar-refractivity contribution is -0.121. The van der Waals surface area contributed by atoms with Crippen LogP contribution >= 0.6 is 23.2 Å². The Balaban J connectivity index is 1.46. The van der Waals surface area contributed by atoms with Gasteiger partial charge in [-0.3, -0.25) is 33.5 Å². The van der Waals surface area contributed by atoms with Gasteiger partial charge in [0.05, 0.1) is 34.9 Å². The van der Waals surface area contributed by atoms with Gasteiger partial charge in [0.1, 0.15) is 6.54 Å². The van der Waals surface area contributed by atoms with Crippen LogP contribution in [0.5, 0.6) is 0 Å². The molecule has 0 atom stereocenters. The van der Waals surface area contributed by atoms with Crippen LogP contribution < -0.4 is 5.32 Å². The van der Waals surface area contributed by atoms with Crippen molar-refractivity contribution in [1.29, 1.82) is 0 Å². The molecule has 0 saturated heterocycles. The van der Waals surface area contributed by atoms with Crippen LogP contribution in [0.4, 0.5) is 0 Å². The Kier molecular flexibility index (Phi) is 9.00. The van der Waals surface area contributed by atoms with E-state index in [1.165, 1.54) is 0 Å². The zero-order chi connectivity index (χ0) is 30.7. The minimum atomic E-state index is -0.558. The number of nitrogens with one attached hydrogen (secondary N) is 1. The molecular weight excluding hydrogens is 591 g/mol. The van der Waals surface area contributed by atoms with Crippen LogP contribution in [0.25, 0.3) is 5.69 Å². The maximum Gasteiger partial charge on any atom is 0.262 e. The monoisotopic (exact) mass is 618 g/mol. The van der Waals surface area contributed by atoms with E-state index < -0.39 is 24.3 Å². The van der Waals surface area contributed by atoms with Crippen LogP contribution in [-0.2, 0) is 17.9 Å². The predicted octanol–water partition coefficient (Wildman–Crippen LogP) is 4.56. The van der Waals surface area contributed by atoms with Gasteiger partial charge < -0.3 is 5.32 Å². The fourth-order valence-electron chi connectivity index (χ4n) is 4.93. The Morgan fingerprint density at radius 1 is 0.837 bits per heavy atom. The molecular formula is C31H28Cl2N6O4. The summed E-state index contributed by atoms with van der Waals surface area (Å²) in [4.78, 5) is 55.2. The van der Waals surface area contributed by atoms with Crippen LogP contribution in [0, 0.1) is 0 Å². The van der Waals surface area contributed by atoms with Crippen molar-refractivity contribution in [2.45, 2.75) is 26.9 Å². The van der Waals surface area contributed by atoms with Crippen molar-refractivity contribution in [3.05, 3.63) is 111 Å². The number of hydrogen-bond donors (Lipinski definition) is 1. The number of ketones is 1. The number of imide groups is 1. The Bertz CT molecular complexity index is 1700. The Morgan fingerprint density at radius 3 is 2.12 bits per heavy atom. The quantitative estimate of drug-likeness (QED) is 0.193. The van der Waals surface area contributed by atoms with Crippen LogP contribution in [0.3, 0.4) is 0 Å². The van der Waals surface area contributed by atoms with Crippen LogP contribution in [0.15, 0.2) is 66.7 Å². The van der Waals surface area contributed by atoms with Gasteiger partial charge in [-0.1, -0.05) is 61.3 Å². The number of amides is 3. The molecule has 1 aliphatic rings. The first-order valence-electron chi connectivity index (χ1n) is 13.7. The molecule has 0 bridgehead atoms. The van der Waals surface area contributed by atoms with Crippen molar-refractivity contribution in [2.75, 3.05) is 19.6 Å². The van der Waals surface area contributed by atoms with Crippen molar-refractivity contribution in [2.24, 2.45) is 0 Å². The number of hydrogen-bond acceptors (Lipinski definition) is 7. The highest BCUT2D eigenvalue weighted by atomic mass is 35.5. The smallest absolute Gasteiger partial charge is 0.262 e. The molecule has 0 saturated carbocycles. The number of benzene rings is 3. The van der Waals surface area contributed by atoms with Crippen LogP contribution in [-0.4, -0.2) is 67.7 Å². The average Bonchev–Trinajstić information content (AvgIpc) is 3.52. The number of rotatable bonds is 11. The van der Waals surface area contributed by atoms with Crippen molar-refractivity contribution in [3.63, 3.8) is 0 Å². The number of carbonyl (C=O) groups excluding carboxylic acids is 4. The van der Waals surface area contributed by atoms with Crippen molar-refractivity contribution in [1.82, 2.24) is 29.9 Å². The minimum absolute atomic E-state index is 0.0877. The summed E-state index contributed by atoms with van der Waals surface area (Å²) in [6, 6.07) is 18.1. The molecule has 2 heterocycles. The maximum atomic E-state index is 13.8. The second-order valence-electron chi connectivity index (χ2n) is 9.82. The molecule has 1 N–H and O–H groups in total. The highest BCUT2D eigenvalue weighted by Crippen LogP contribution is 2.28. The van der Waals surface area contributed by atoms with Crippen molar-refractivity contribution in [3.8, 4) is 5.69 Å². The van der Waals surface area contributed by atoms with Gasteiger partial charge in [0.25, 0.3) is 11.8 Å². The molecule has 3 aromatic carbocycles. The van der Waals surface area contributed by atoms with Gasteiger partial charge in [-0.15, -0.1) is 10.2 Å². The van der Waals surface area contributed by atoms with Gasteiger partial charge in [0, 0.05) is 16.1 Å². The Labute approximate surface area is 258 Å². The third-order valence-corrected chi connectivity index (χ3v) is 7.81. The highest BCUT2D eigenvalue weighted by molar-refractivity contribution is 6.35. The van der Waals surface area contributed by atoms with Gasteiger partial charge >= 0.3 is 0 Å². The van der Waals surface area contributed by atoms with Gasteiger partial charge in [-0.2, -0.15) is 0 Å². The lowest BCUT2D eigenvalue weighted by Crippen LogP contribution is -2.40. The van der Waals surface area contributed by atoms with E-state index in [0.29, 0.717) is 39.5 Å². The molecule has 12 heteroatoms. The topological polar surface area (TPSA) is 118 Å². The van der Waals surface area contributed by atoms with Gasteiger partial charge in [0.15, 0.2) is 17.4 Å². The standard InChI is InChI=1S/C31H28Cl2N6O4/c1-3-37(4-2)17-27-36-35-26(16-34-28(40)18-38-30(42)20-9-5-6-10-21(20)31(38)43)39(27)25-14-13-19(32)15-23(25)29(41)22-11-7-8-12-24(22)33/h5-15H,3-4,16-18H2,1-2H3,(H,34,40). The molecule has 0 spiro atoms. The number of carbonyl (C=O) groups is 4. The van der Waals surface area contributed by atoms with Crippen LogP contribution in [0.1, 0.15) is 62.1 Å². The summed E-state index contributed by atoms with van der Waals surface area (Å²) >= 11 is 12.7. The summed E-state index contributed by atoms with van der Waals surface area (Å²) in [6.07, 6.45) is 0. The van der Waals surface area contributed by atoms with E-state index in [1.54, 1.807) is 71.3 Å².